The summed E-state index contributed by atoms with van der Waals surface area (Å²) in [6, 6.07) is 0. The first kappa shape index (κ1) is 8.41. The lowest BCUT2D eigenvalue weighted by atomic mass is 10.2. The fourth-order valence-electron chi connectivity index (χ4n) is 0.749. The molecule has 0 saturated heterocycles. The van der Waals surface area contributed by atoms with E-state index >= 15 is 0 Å². The molecule has 0 aliphatic rings. The number of nitrogens with one attached hydrogen (secondary N) is 2. The third kappa shape index (κ3) is 1.48. The number of ketones is 1. The van der Waals surface area contributed by atoms with Gasteiger partial charge < -0.3 is 0 Å². The van der Waals surface area contributed by atoms with Gasteiger partial charge in [0.15, 0.2) is 5.78 Å². The highest BCUT2D eigenvalue weighted by atomic mass is 16.5. The van der Waals surface area contributed by atoms with Gasteiger partial charge in [-0.2, -0.15) is 0 Å². The number of Topliss-reactive ketones (excluding diaryl/α,β-unsaturated/α-hetero) is 1. The van der Waals surface area contributed by atoms with Crippen molar-refractivity contribution in [1.29, 1.82) is 0 Å². The second-order valence-corrected chi connectivity index (χ2v) is 2.15. The van der Waals surface area contributed by atoms with Crippen LogP contribution in [0.2, 0.25) is 0 Å². The largest absolute Gasteiger partial charge is 0.346 e. The second-order valence-electron chi connectivity index (χ2n) is 2.15. The van der Waals surface area contributed by atoms with Gasteiger partial charge in [-0.3, -0.25) is 20.5 Å². The molecule has 0 atom stereocenters. The maximum absolute atomic E-state index is 10.8. The summed E-state index contributed by atoms with van der Waals surface area (Å²) in [5, 5.41) is 8.49. The second kappa shape index (κ2) is 3.14. The van der Waals surface area contributed by atoms with Gasteiger partial charge in [0, 0.05) is 6.20 Å². The molecule has 64 valence electrons. The summed E-state index contributed by atoms with van der Waals surface area (Å²) >= 11 is 0. The first-order valence-electron chi connectivity index (χ1n) is 3.15. The van der Waals surface area contributed by atoms with Crippen molar-refractivity contribution < 1.29 is 10.0 Å². The molecule has 1 heterocycles. The fraction of sp³-hybridized carbons (Fsp3) is 0.167. The SMILES string of the molecule is CC(=O)c1cnc(=O)[nH]c1NO. The van der Waals surface area contributed by atoms with Crippen molar-refractivity contribution in [3.8, 4) is 0 Å². The molecule has 1 aromatic rings. The Morgan fingerprint density at radius 2 is 2.42 bits per heavy atom. The molecule has 3 N–H and O–H groups in total. The van der Waals surface area contributed by atoms with E-state index < -0.39 is 5.69 Å². The summed E-state index contributed by atoms with van der Waals surface area (Å²) in [6.45, 7) is 1.30. The Balaban J connectivity index is 3.29. The van der Waals surface area contributed by atoms with Gasteiger partial charge in [-0.1, -0.05) is 0 Å². The average Bonchev–Trinajstić information content (AvgIpc) is 2.03. The van der Waals surface area contributed by atoms with E-state index in [-0.39, 0.29) is 17.2 Å². The number of aromatic nitrogens is 2. The van der Waals surface area contributed by atoms with Gasteiger partial charge in [-0.15, -0.1) is 0 Å². The normalized spacial score (nSPS) is 9.50. The minimum absolute atomic E-state index is 0.0394. The van der Waals surface area contributed by atoms with Crippen molar-refractivity contribution in [2.45, 2.75) is 6.92 Å². The molecule has 6 heteroatoms. The topological polar surface area (TPSA) is 95.1 Å². The van der Waals surface area contributed by atoms with E-state index in [1.165, 1.54) is 6.92 Å². The van der Waals surface area contributed by atoms with Crippen LogP contribution >= 0.6 is 0 Å². The Labute approximate surface area is 67.2 Å². The number of carbonyl (C=O) groups is 1. The van der Waals surface area contributed by atoms with E-state index in [0.29, 0.717) is 0 Å². The quantitative estimate of drug-likeness (QED) is 0.420. The lowest BCUT2D eigenvalue weighted by molar-refractivity contribution is 0.101. The third-order valence-electron chi connectivity index (χ3n) is 1.30. The van der Waals surface area contributed by atoms with Gasteiger partial charge >= 0.3 is 5.69 Å². The lowest BCUT2D eigenvalue weighted by Crippen LogP contribution is -2.15. The maximum atomic E-state index is 10.8. The summed E-state index contributed by atoms with van der Waals surface area (Å²) in [5.41, 5.74) is 1.21. The van der Waals surface area contributed by atoms with Crippen LogP contribution in [0.5, 0.6) is 0 Å². The van der Waals surface area contributed by atoms with Crippen molar-refractivity contribution in [2.75, 3.05) is 5.48 Å². The number of hydrogen-bond acceptors (Lipinski definition) is 5. The zero-order valence-electron chi connectivity index (χ0n) is 6.29. The molecular formula is C6H7N3O3. The van der Waals surface area contributed by atoms with E-state index in [0.717, 1.165) is 6.20 Å². The van der Waals surface area contributed by atoms with E-state index in [2.05, 4.69) is 9.97 Å². The molecule has 1 rings (SSSR count). The fourth-order valence-corrected chi connectivity index (χ4v) is 0.749. The highest BCUT2D eigenvalue weighted by Crippen LogP contribution is 2.06. The van der Waals surface area contributed by atoms with Gasteiger partial charge in [0.05, 0.1) is 5.56 Å². The molecule has 0 spiro atoms. The summed E-state index contributed by atoms with van der Waals surface area (Å²) in [7, 11) is 0. The summed E-state index contributed by atoms with van der Waals surface area (Å²) < 4.78 is 0. The molecule has 0 aliphatic heterocycles. The first-order chi connectivity index (χ1) is 5.65. The van der Waals surface area contributed by atoms with Crippen LogP contribution in [-0.4, -0.2) is 21.0 Å². The number of carbonyl (C=O) groups excluding carboxylic acids is 1. The number of rotatable bonds is 2. The molecule has 0 unspecified atom stereocenters. The summed E-state index contributed by atoms with van der Waals surface area (Å²) in [5.74, 6) is -0.335. The van der Waals surface area contributed by atoms with E-state index in [1.54, 1.807) is 5.48 Å². The summed E-state index contributed by atoms with van der Waals surface area (Å²) in [4.78, 5) is 26.9. The van der Waals surface area contributed by atoms with Crippen LogP contribution in [0.3, 0.4) is 0 Å². The Morgan fingerprint density at radius 3 is 2.92 bits per heavy atom. The van der Waals surface area contributed by atoms with Crippen molar-refractivity contribution in [3.63, 3.8) is 0 Å². The number of nitrogens with zero attached hydrogens (tertiary/aromatic N) is 1. The van der Waals surface area contributed by atoms with Crippen molar-refractivity contribution in [2.24, 2.45) is 0 Å². The van der Waals surface area contributed by atoms with Crippen LogP contribution in [0.25, 0.3) is 0 Å². The molecule has 0 saturated carbocycles. The number of hydrogen-bond donors (Lipinski definition) is 3. The standard InChI is InChI=1S/C6H7N3O3/c1-3(10)4-2-7-6(11)8-5(4)9-12/h2,12H,1H3,(H2,7,8,9,11). The highest BCUT2D eigenvalue weighted by molar-refractivity contribution is 5.98. The predicted octanol–water partition coefficient (Wildman–Crippen LogP) is -0.226. The van der Waals surface area contributed by atoms with Crippen molar-refractivity contribution in [3.05, 3.63) is 22.2 Å². The predicted molar refractivity (Wildman–Crippen MR) is 40.3 cm³/mol. The first-order valence-corrected chi connectivity index (χ1v) is 3.15. The molecule has 0 amide bonds. The summed E-state index contributed by atoms with van der Waals surface area (Å²) in [6.07, 6.45) is 1.10. The van der Waals surface area contributed by atoms with Gasteiger partial charge in [0.2, 0.25) is 0 Å². The van der Waals surface area contributed by atoms with E-state index in [9.17, 15) is 9.59 Å². The molecule has 0 radical (unpaired) electrons. The van der Waals surface area contributed by atoms with Crippen LogP contribution in [0.15, 0.2) is 11.0 Å². The Kier molecular flexibility index (Phi) is 2.20. The maximum Gasteiger partial charge on any atom is 0.346 e. The Morgan fingerprint density at radius 1 is 1.75 bits per heavy atom. The van der Waals surface area contributed by atoms with E-state index in [4.69, 9.17) is 5.21 Å². The smallest absolute Gasteiger partial charge is 0.294 e. The molecule has 12 heavy (non-hydrogen) atoms. The minimum Gasteiger partial charge on any atom is -0.294 e. The Bertz CT molecular complexity index is 357. The molecule has 6 nitrogen and oxygen atoms in total. The van der Waals surface area contributed by atoms with Crippen LogP contribution in [-0.2, 0) is 0 Å². The molecular weight excluding hydrogens is 162 g/mol. The van der Waals surface area contributed by atoms with E-state index in [1.807, 2.05) is 0 Å². The molecule has 0 bridgehead atoms. The molecule has 0 aliphatic carbocycles. The van der Waals surface area contributed by atoms with Crippen LogP contribution < -0.4 is 11.2 Å². The zero-order valence-corrected chi connectivity index (χ0v) is 6.29. The Hall–Kier alpha value is -1.69. The van der Waals surface area contributed by atoms with Crippen LogP contribution in [0.4, 0.5) is 5.82 Å². The van der Waals surface area contributed by atoms with Gasteiger partial charge in [-0.05, 0) is 6.92 Å². The zero-order chi connectivity index (χ0) is 9.14. The number of H-pyrrole nitrogens is 1. The average molecular weight is 169 g/mol. The number of anilines is 1. The van der Waals surface area contributed by atoms with Crippen molar-refractivity contribution >= 4 is 11.6 Å². The molecule has 0 fully saturated rings. The minimum atomic E-state index is -0.628. The highest BCUT2D eigenvalue weighted by Gasteiger charge is 2.07. The number of aromatic amines is 1. The van der Waals surface area contributed by atoms with Gasteiger partial charge in [0.25, 0.3) is 0 Å². The molecule has 0 aromatic carbocycles. The monoisotopic (exact) mass is 169 g/mol. The van der Waals surface area contributed by atoms with Crippen LogP contribution in [0.1, 0.15) is 17.3 Å². The third-order valence-corrected chi connectivity index (χ3v) is 1.30. The van der Waals surface area contributed by atoms with Gasteiger partial charge in [0.1, 0.15) is 5.82 Å². The van der Waals surface area contributed by atoms with Crippen molar-refractivity contribution in [1.82, 2.24) is 9.97 Å². The molecule has 1 aromatic heterocycles. The lowest BCUT2D eigenvalue weighted by Gasteiger charge is -2.01. The van der Waals surface area contributed by atoms with Crippen LogP contribution in [0, 0.1) is 0 Å². The van der Waals surface area contributed by atoms with Gasteiger partial charge in [-0.25, -0.2) is 9.78 Å².